The Kier molecular flexibility index (Phi) is 6.22. The maximum absolute atomic E-state index is 12.7. The van der Waals surface area contributed by atoms with Gasteiger partial charge in [-0.2, -0.15) is 0 Å². The Bertz CT molecular complexity index is 894. The zero-order chi connectivity index (χ0) is 22.0. The molecule has 1 aromatic carbocycles. The molecule has 9 nitrogen and oxygen atoms in total. The van der Waals surface area contributed by atoms with Crippen molar-refractivity contribution >= 4 is 29.3 Å². The Labute approximate surface area is 181 Å². The highest BCUT2D eigenvalue weighted by Crippen LogP contribution is 2.29. The molecule has 3 aliphatic heterocycles. The molecule has 1 atom stereocenters. The van der Waals surface area contributed by atoms with E-state index in [9.17, 15) is 19.2 Å². The van der Waals surface area contributed by atoms with E-state index in [1.165, 1.54) is 0 Å². The van der Waals surface area contributed by atoms with Crippen molar-refractivity contribution in [2.24, 2.45) is 5.73 Å². The number of carbonyl (C=O) groups is 4. The van der Waals surface area contributed by atoms with Crippen LogP contribution in [0, 0.1) is 0 Å². The molecule has 0 radical (unpaired) electrons. The third-order valence-electron chi connectivity index (χ3n) is 6.31. The van der Waals surface area contributed by atoms with Crippen LogP contribution in [0.5, 0.6) is 0 Å². The van der Waals surface area contributed by atoms with Crippen molar-refractivity contribution in [1.82, 2.24) is 15.1 Å². The highest BCUT2D eigenvalue weighted by molar-refractivity contribution is 6.05. The molecule has 4 amide bonds. The van der Waals surface area contributed by atoms with E-state index in [-0.39, 0.29) is 30.2 Å². The topological polar surface area (TPSA) is 125 Å². The molecule has 0 spiro atoms. The van der Waals surface area contributed by atoms with E-state index in [2.05, 4.69) is 10.6 Å². The molecule has 9 heteroatoms. The van der Waals surface area contributed by atoms with Gasteiger partial charge < -0.3 is 20.9 Å². The Morgan fingerprint density at radius 2 is 1.94 bits per heavy atom. The number of carbonyl (C=O) groups excluding carboxylic acids is 4. The van der Waals surface area contributed by atoms with Gasteiger partial charge in [0.15, 0.2) is 0 Å². The van der Waals surface area contributed by atoms with Crippen molar-refractivity contribution in [3.8, 4) is 0 Å². The van der Waals surface area contributed by atoms with Crippen LogP contribution in [0.15, 0.2) is 18.2 Å². The van der Waals surface area contributed by atoms with Gasteiger partial charge in [0.1, 0.15) is 6.04 Å². The molecular weight excluding hydrogens is 398 g/mol. The normalized spacial score (nSPS) is 21.8. The summed E-state index contributed by atoms with van der Waals surface area (Å²) in [6.07, 6.45) is 3.55. The van der Waals surface area contributed by atoms with E-state index >= 15 is 0 Å². The molecule has 2 saturated heterocycles. The van der Waals surface area contributed by atoms with Crippen LogP contribution in [0.25, 0.3) is 0 Å². The number of hydrogen-bond donors (Lipinski definition) is 3. The van der Waals surface area contributed by atoms with E-state index in [1.54, 1.807) is 11.0 Å². The predicted octanol–water partition coefficient (Wildman–Crippen LogP) is 0.589. The number of rotatable bonds is 6. The van der Waals surface area contributed by atoms with E-state index in [0.717, 1.165) is 43.6 Å². The molecule has 31 heavy (non-hydrogen) atoms. The van der Waals surface area contributed by atoms with E-state index in [1.807, 2.05) is 17.0 Å². The molecule has 4 N–H and O–H groups in total. The molecule has 1 aromatic rings. The second kappa shape index (κ2) is 9.05. The van der Waals surface area contributed by atoms with E-state index in [4.69, 9.17) is 5.73 Å². The largest absolute Gasteiger partial charge is 0.385 e. The van der Waals surface area contributed by atoms with Gasteiger partial charge in [-0.25, -0.2) is 0 Å². The smallest absolute Gasteiger partial charge is 0.255 e. The maximum atomic E-state index is 12.7. The Hall–Kier alpha value is -2.94. The van der Waals surface area contributed by atoms with E-state index < -0.39 is 11.9 Å². The number of fused-ring (bicyclic) bond motifs is 1. The van der Waals surface area contributed by atoms with Crippen molar-refractivity contribution < 1.29 is 19.2 Å². The second-order valence-corrected chi connectivity index (χ2v) is 8.52. The standard InChI is InChI=1S/C22H29N5O4/c23-15-7-10-26(11-8-15)20(29)2-1-9-24-16-3-4-17-14(12-16)13-27(22(17)31)18-5-6-19(28)25-21(18)30/h3-4,12,15,18,24H,1-2,5-11,13,23H2,(H,25,28,30). The summed E-state index contributed by atoms with van der Waals surface area (Å²) < 4.78 is 0. The average molecular weight is 428 g/mol. The van der Waals surface area contributed by atoms with Gasteiger partial charge in [-0.1, -0.05) is 0 Å². The van der Waals surface area contributed by atoms with Crippen molar-refractivity contribution in [2.45, 2.75) is 57.2 Å². The molecule has 0 bridgehead atoms. The minimum atomic E-state index is -0.607. The number of benzene rings is 1. The number of imide groups is 1. The van der Waals surface area contributed by atoms with Crippen molar-refractivity contribution in [3.05, 3.63) is 29.3 Å². The van der Waals surface area contributed by atoms with Crippen LogP contribution in [0.2, 0.25) is 0 Å². The fourth-order valence-electron chi connectivity index (χ4n) is 4.46. The van der Waals surface area contributed by atoms with Crippen LogP contribution < -0.4 is 16.4 Å². The van der Waals surface area contributed by atoms with Crippen LogP contribution in [-0.4, -0.2) is 65.1 Å². The SMILES string of the molecule is NC1CCN(C(=O)CCCNc2ccc3c(c2)CN(C2CCC(=O)NC2=O)C3=O)CC1. The molecule has 1 unspecified atom stereocenters. The number of nitrogens with one attached hydrogen (secondary N) is 2. The Morgan fingerprint density at radius 1 is 1.16 bits per heavy atom. The summed E-state index contributed by atoms with van der Waals surface area (Å²) in [5, 5.41) is 5.63. The fourth-order valence-corrected chi connectivity index (χ4v) is 4.46. The molecular formula is C22H29N5O4. The number of hydrogen-bond acceptors (Lipinski definition) is 6. The van der Waals surface area contributed by atoms with Gasteiger partial charge in [-0.15, -0.1) is 0 Å². The Morgan fingerprint density at radius 3 is 2.68 bits per heavy atom. The second-order valence-electron chi connectivity index (χ2n) is 8.52. The highest BCUT2D eigenvalue weighted by Gasteiger charge is 2.39. The molecule has 0 saturated carbocycles. The van der Waals surface area contributed by atoms with Gasteiger partial charge in [0.2, 0.25) is 17.7 Å². The lowest BCUT2D eigenvalue weighted by Gasteiger charge is -2.30. The number of nitrogens with zero attached hydrogens (tertiary/aromatic N) is 2. The van der Waals surface area contributed by atoms with Gasteiger partial charge in [0.25, 0.3) is 5.91 Å². The van der Waals surface area contributed by atoms with Gasteiger partial charge in [-0.3, -0.25) is 24.5 Å². The first kappa shape index (κ1) is 21.3. The number of nitrogens with two attached hydrogens (primary N) is 1. The average Bonchev–Trinajstić information content (AvgIpc) is 3.07. The van der Waals surface area contributed by atoms with Crippen molar-refractivity contribution in [2.75, 3.05) is 25.0 Å². The maximum Gasteiger partial charge on any atom is 0.255 e. The zero-order valence-electron chi connectivity index (χ0n) is 17.6. The monoisotopic (exact) mass is 427 g/mol. The quantitative estimate of drug-likeness (QED) is 0.451. The van der Waals surface area contributed by atoms with Gasteiger partial charge >= 0.3 is 0 Å². The number of likely N-dealkylation sites (tertiary alicyclic amines) is 1. The number of amides is 4. The third kappa shape index (κ3) is 4.71. The van der Waals surface area contributed by atoms with Gasteiger partial charge in [0.05, 0.1) is 0 Å². The lowest BCUT2D eigenvalue weighted by atomic mass is 10.0. The first-order chi connectivity index (χ1) is 14.9. The fraction of sp³-hybridized carbons (Fsp3) is 0.545. The first-order valence-corrected chi connectivity index (χ1v) is 11.0. The summed E-state index contributed by atoms with van der Waals surface area (Å²) in [4.78, 5) is 52.0. The summed E-state index contributed by atoms with van der Waals surface area (Å²) in [5.74, 6) is -0.702. The van der Waals surface area contributed by atoms with Crippen LogP contribution in [0.4, 0.5) is 5.69 Å². The summed E-state index contributed by atoms with van der Waals surface area (Å²) in [5.41, 5.74) is 8.22. The summed E-state index contributed by atoms with van der Waals surface area (Å²) in [7, 11) is 0. The first-order valence-electron chi connectivity index (χ1n) is 11.0. The number of piperidine rings is 2. The van der Waals surface area contributed by atoms with Crippen LogP contribution in [0.1, 0.15) is 54.4 Å². The van der Waals surface area contributed by atoms with Gasteiger partial charge in [-0.05, 0) is 49.4 Å². The van der Waals surface area contributed by atoms with Crippen LogP contribution in [0.3, 0.4) is 0 Å². The summed E-state index contributed by atoms with van der Waals surface area (Å²) in [6.45, 7) is 2.50. The highest BCUT2D eigenvalue weighted by atomic mass is 16.2. The predicted molar refractivity (Wildman–Crippen MR) is 114 cm³/mol. The van der Waals surface area contributed by atoms with Crippen molar-refractivity contribution in [1.29, 1.82) is 0 Å². The van der Waals surface area contributed by atoms with Gasteiger partial charge in [0, 0.05) is 56.3 Å². The molecule has 0 aromatic heterocycles. The minimum absolute atomic E-state index is 0.174. The van der Waals surface area contributed by atoms with Crippen molar-refractivity contribution in [3.63, 3.8) is 0 Å². The minimum Gasteiger partial charge on any atom is -0.385 e. The number of anilines is 1. The third-order valence-corrected chi connectivity index (χ3v) is 6.31. The molecule has 166 valence electrons. The summed E-state index contributed by atoms with van der Waals surface area (Å²) in [6, 6.07) is 5.15. The zero-order valence-corrected chi connectivity index (χ0v) is 17.6. The molecule has 4 rings (SSSR count). The summed E-state index contributed by atoms with van der Waals surface area (Å²) >= 11 is 0. The molecule has 0 aliphatic carbocycles. The van der Waals surface area contributed by atoms with E-state index in [0.29, 0.717) is 31.5 Å². The molecule has 3 aliphatic rings. The Balaban J connectivity index is 1.27. The molecule has 2 fully saturated rings. The molecule has 3 heterocycles. The van der Waals surface area contributed by atoms with Crippen LogP contribution >= 0.6 is 0 Å². The van der Waals surface area contributed by atoms with Crippen LogP contribution in [-0.2, 0) is 20.9 Å². The lowest BCUT2D eigenvalue weighted by Crippen LogP contribution is -2.52. The lowest BCUT2D eigenvalue weighted by molar-refractivity contribution is -0.137.